The van der Waals surface area contributed by atoms with Crippen LogP contribution >= 0.6 is 0 Å². The lowest BCUT2D eigenvalue weighted by atomic mass is 9.82. The van der Waals surface area contributed by atoms with Gasteiger partial charge < -0.3 is 9.47 Å². The molecule has 0 spiro atoms. The number of fused-ring (bicyclic) bond motifs is 9. The van der Waals surface area contributed by atoms with E-state index in [-0.39, 0.29) is 10.8 Å². The van der Waals surface area contributed by atoms with Gasteiger partial charge in [-0.05, 0) is 110 Å². The first-order valence-electron chi connectivity index (χ1n) is 21.9. The summed E-state index contributed by atoms with van der Waals surface area (Å²) in [5, 5.41) is 2.50. The highest BCUT2D eigenvalue weighted by molar-refractivity contribution is 6.16. The molecule has 0 aliphatic heterocycles. The highest BCUT2D eigenvalue weighted by Gasteiger charge is 2.39. The third-order valence-corrected chi connectivity index (χ3v) is 14.0. The molecule has 2 aliphatic carbocycles. The van der Waals surface area contributed by atoms with Gasteiger partial charge in [-0.1, -0.05) is 179 Å². The van der Waals surface area contributed by atoms with Crippen LogP contribution in [0.2, 0.25) is 0 Å². The Morgan fingerprint density at radius 2 is 0.935 bits per heavy atom. The van der Waals surface area contributed by atoms with Crippen LogP contribution in [0.4, 0.5) is 17.1 Å². The third kappa shape index (κ3) is 5.23. The summed E-state index contributed by atoms with van der Waals surface area (Å²) in [7, 11) is 0. The molecule has 10 aromatic rings. The third-order valence-electron chi connectivity index (χ3n) is 14.0. The van der Waals surface area contributed by atoms with Crippen molar-refractivity contribution in [1.29, 1.82) is 0 Å². The van der Waals surface area contributed by atoms with Crippen molar-refractivity contribution >= 4 is 38.9 Å². The van der Waals surface area contributed by atoms with Crippen molar-refractivity contribution in [1.82, 2.24) is 4.57 Å². The van der Waals surface area contributed by atoms with Gasteiger partial charge in [0.15, 0.2) is 0 Å². The zero-order valence-electron chi connectivity index (χ0n) is 35.5. The Morgan fingerprint density at radius 1 is 0.371 bits per heavy atom. The zero-order chi connectivity index (χ0) is 41.7. The molecular weight excluding hydrogens is 749 g/mol. The average molecular weight is 795 g/mol. The molecule has 0 fully saturated rings. The predicted molar refractivity (Wildman–Crippen MR) is 261 cm³/mol. The summed E-state index contributed by atoms with van der Waals surface area (Å²) in [5.41, 5.74) is 22.3. The molecule has 0 N–H and O–H groups in total. The highest BCUT2D eigenvalue weighted by Crippen LogP contribution is 2.56. The molecule has 0 amide bonds. The Hall–Kier alpha value is -7.42. The number of para-hydroxylation sites is 3. The van der Waals surface area contributed by atoms with E-state index in [4.69, 9.17) is 0 Å². The van der Waals surface area contributed by atoms with Gasteiger partial charge >= 0.3 is 0 Å². The molecule has 2 heteroatoms. The van der Waals surface area contributed by atoms with Crippen LogP contribution in [0.3, 0.4) is 0 Å². The van der Waals surface area contributed by atoms with Gasteiger partial charge in [0.1, 0.15) is 0 Å². The van der Waals surface area contributed by atoms with Crippen LogP contribution < -0.4 is 4.90 Å². The van der Waals surface area contributed by atoms with Crippen molar-refractivity contribution in [3.05, 3.63) is 229 Å². The topological polar surface area (TPSA) is 8.17 Å². The van der Waals surface area contributed by atoms with Crippen LogP contribution in [0, 0.1) is 0 Å². The smallest absolute Gasteiger partial charge is 0.0547 e. The first-order chi connectivity index (χ1) is 30.3. The molecule has 0 radical (unpaired) electrons. The predicted octanol–water partition coefficient (Wildman–Crippen LogP) is 16.2. The number of nitrogens with zero attached hydrogens (tertiary/aromatic N) is 2. The Labute approximate surface area is 364 Å². The molecule has 2 nitrogen and oxygen atoms in total. The lowest BCUT2D eigenvalue weighted by Crippen LogP contribution is -2.16. The maximum atomic E-state index is 2.54. The van der Waals surface area contributed by atoms with E-state index in [1.807, 2.05) is 0 Å². The summed E-state index contributed by atoms with van der Waals surface area (Å²) in [6, 6.07) is 76.6. The van der Waals surface area contributed by atoms with Gasteiger partial charge in [0.2, 0.25) is 0 Å². The minimum atomic E-state index is -0.141. The molecule has 1 aromatic heterocycles. The monoisotopic (exact) mass is 794 g/mol. The highest BCUT2D eigenvalue weighted by atomic mass is 15.1. The molecular formula is C60H46N2. The number of benzene rings is 9. The molecule has 0 unspecified atom stereocenters. The van der Waals surface area contributed by atoms with Gasteiger partial charge in [0.05, 0.1) is 22.4 Å². The summed E-state index contributed by atoms with van der Waals surface area (Å²) >= 11 is 0. The molecule has 2 aliphatic rings. The fourth-order valence-corrected chi connectivity index (χ4v) is 11.1. The molecule has 0 bridgehead atoms. The fourth-order valence-electron chi connectivity index (χ4n) is 11.1. The van der Waals surface area contributed by atoms with Crippen LogP contribution in [-0.4, -0.2) is 4.57 Å². The molecule has 9 aromatic carbocycles. The second kappa shape index (κ2) is 13.5. The number of hydrogen-bond donors (Lipinski definition) is 0. The lowest BCUT2D eigenvalue weighted by Gasteiger charge is -2.31. The quantitative estimate of drug-likeness (QED) is 0.163. The van der Waals surface area contributed by atoms with Gasteiger partial charge in [-0.3, -0.25) is 0 Å². The van der Waals surface area contributed by atoms with Crippen molar-refractivity contribution in [2.45, 2.75) is 38.5 Å². The van der Waals surface area contributed by atoms with E-state index < -0.39 is 0 Å². The van der Waals surface area contributed by atoms with Crippen molar-refractivity contribution in [3.8, 4) is 50.2 Å². The molecule has 0 saturated heterocycles. The van der Waals surface area contributed by atoms with Gasteiger partial charge in [-0.15, -0.1) is 0 Å². The van der Waals surface area contributed by atoms with E-state index in [9.17, 15) is 0 Å². The lowest BCUT2D eigenvalue weighted by molar-refractivity contribution is 0.660. The van der Waals surface area contributed by atoms with Crippen LogP contribution in [0.1, 0.15) is 49.9 Å². The fraction of sp³-hybridized carbons (Fsp3) is 0.100. The number of rotatable bonds is 6. The van der Waals surface area contributed by atoms with Gasteiger partial charge in [0.25, 0.3) is 0 Å². The van der Waals surface area contributed by atoms with Crippen molar-refractivity contribution in [3.63, 3.8) is 0 Å². The minimum Gasteiger partial charge on any atom is -0.309 e. The normalized spacial score (nSPS) is 14.1. The van der Waals surface area contributed by atoms with Crippen molar-refractivity contribution in [2.75, 3.05) is 4.90 Å². The molecule has 0 atom stereocenters. The Balaban J connectivity index is 1.10. The maximum Gasteiger partial charge on any atom is 0.0547 e. The van der Waals surface area contributed by atoms with E-state index in [1.54, 1.807) is 0 Å². The first-order valence-corrected chi connectivity index (χ1v) is 21.9. The van der Waals surface area contributed by atoms with E-state index in [1.165, 1.54) is 94.3 Å². The van der Waals surface area contributed by atoms with Crippen LogP contribution in [-0.2, 0) is 10.8 Å². The van der Waals surface area contributed by atoms with Gasteiger partial charge in [-0.2, -0.15) is 0 Å². The summed E-state index contributed by atoms with van der Waals surface area (Å²) in [6.45, 7) is 9.46. The Kier molecular flexibility index (Phi) is 7.96. The van der Waals surface area contributed by atoms with E-state index in [0.29, 0.717) is 0 Å². The number of aromatic nitrogens is 1. The zero-order valence-corrected chi connectivity index (χ0v) is 35.5. The van der Waals surface area contributed by atoms with E-state index in [0.717, 1.165) is 17.1 Å². The SMILES string of the molecule is CC1(C)c2ccccc2-c2cc(-c3ccccc3N(c3cccc(-c4cccc5c4c4ccccc4n5-c4ccccc4)c3)c3cccc4c3-c3ccccc3C4(C)C)ccc21. The number of anilines is 3. The Bertz CT molecular complexity index is 3420. The largest absolute Gasteiger partial charge is 0.309 e. The standard InChI is InChI=1S/C60H46N2/c1-59(2)49-28-12-8-24-45(49)48-38-40(35-36-51(48)59)43-23-10-14-31-53(43)62(56-34-18-30-52-58(56)46-25-9-13-29-50(46)60(52,3)4)42-22-16-19-39(37-42)44-27-17-33-55-57(44)47-26-11-15-32-54(47)61(55)41-20-6-5-7-21-41/h5-38H,1-4H3. The summed E-state index contributed by atoms with van der Waals surface area (Å²) in [4.78, 5) is 2.54. The van der Waals surface area contributed by atoms with Crippen LogP contribution in [0.15, 0.2) is 206 Å². The molecule has 1 heterocycles. The van der Waals surface area contributed by atoms with Crippen LogP contribution in [0.25, 0.3) is 72.0 Å². The van der Waals surface area contributed by atoms with E-state index in [2.05, 4.69) is 243 Å². The molecule has 62 heavy (non-hydrogen) atoms. The first kappa shape index (κ1) is 36.4. The van der Waals surface area contributed by atoms with Gasteiger partial charge in [-0.25, -0.2) is 0 Å². The van der Waals surface area contributed by atoms with Gasteiger partial charge in [0, 0.05) is 44.1 Å². The summed E-state index contributed by atoms with van der Waals surface area (Å²) < 4.78 is 2.41. The number of hydrogen-bond acceptors (Lipinski definition) is 1. The Morgan fingerprint density at radius 3 is 1.77 bits per heavy atom. The second-order valence-corrected chi connectivity index (χ2v) is 18.1. The van der Waals surface area contributed by atoms with Crippen molar-refractivity contribution in [2.24, 2.45) is 0 Å². The van der Waals surface area contributed by atoms with Crippen LogP contribution in [0.5, 0.6) is 0 Å². The summed E-state index contributed by atoms with van der Waals surface area (Å²) in [5.74, 6) is 0. The maximum absolute atomic E-state index is 2.54. The molecule has 0 saturated carbocycles. The van der Waals surface area contributed by atoms with Crippen molar-refractivity contribution < 1.29 is 0 Å². The minimum absolute atomic E-state index is 0.0580. The van der Waals surface area contributed by atoms with E-state index >= 15 is 0 Å². The molecule has 12 rings (SSSR count). The second-order valence-electron chi connectivity index (χ2n) is 18.1. The summed E-state index contributed by atoms with van der Waals surface area (Å²) in [6.07, 6.45) is 0. The average Bonchev–Trinajstić information content (AvgIpc) is 3.87. The molecule has 296 valence electrons.